The summed E-state index contributed by atoms with van der Waals surface area (Å²) in [5, 5.41) is -0.530. The van der Waals surface area contributed by atoms with Gasteiger partial charge in [-0.3, -0.25) is 4.79 Å². The molecule has 0 bridgehead atoms. The maximum absolute atomic E-state index is 11.9. The molecule has 3 nitrogen and oxygen atoms in total. The van der Waals surface area contributed by atoms with Crippen molar-refractivity contribution in [3.05, 3.63) is 47.0 Å². The first-order valence-corrected chi connectivity index (χ1v) is 7.33. The van der Waals surface area contributed by atoms with Crippen LogP contribution < -0.4 is 4.74 Å². The standard InChI is InChI=1S/C15H14BrClNO2.Y/c1-3-8-20-10-4-5-11(12(16)9-10)14-7-6-13(17)15(19)18(14)2;/h3-5,9,13H,1,6,8H2,2H3;/q-1;. The Hall–Kier alpha value is -0.156. The molecule has 109 valence electrons. The summed E-state index contributed by atoms with van der Waals surface area (Å²) in [4.78, 5) is 13.4. The number of hydrogen-bond acceptors (Lipinski definition) is 2. The number of ether oxygens (including phenoxy) is 1. The molecule has 1 aliphatic rings. The third-order valence-corrected chi connectivity index (χ3v) is 3.94. The van der Waals surface area contributed by atoms with E-state index in [9.17, 15) is 4.79 Å². The third kappa shape index (κ3) is 4.41. The van der Waals surface area contributed by atoms with Crippen molar-refractivity contribution in [3.63, 3.8) is 0 Å². The molecule has 0 saturated heterocycles. The van der Waals surface area contributed by atoms with Gasteiger partial charge in [-0.2, -0.15) is 0 Å². The Labute approximate surface area is 163 Å². The molecular weight excluding hydrogens is 430 g/mol. The maximum Gasteiger partial charge on any atom is 0.240 e. The number of alkyl halides is 1. The van der Waals surface area contributed by atoms with Crippen LogP contribution in [0.1, 0.15) is 12.0 Å². The van der Waals surface area contributed by atoms with Crippen LogP contribution in [0, 0.1) is 6.08 Å². The summed E-state index contributed by atoms with van der Waals surface area (Å²) in [7, 11) is 1.70. The van der Waals surface area contributed by atoms with E-state index in [0.717, 1.165) is 21.5 Å². The Morgan fingerprint density at radius 1 is 1.62 bits per heavy atom. The molecule has 1 atom stereocenters. The van der Waals surface area contributed by atoms with Gasteiger partial charge in [-0.25, -0.2) is 6.08 Å². The number of rotatable bonds is 4. The van der Waals surface area contributed by atoms with E-state index in [-0.39, 0.29) is 38.6 Å². The number of carbonyl (C=O) groups excluding carboxylic acids is 1. The molecule has 6 heteroatoms. The van der Waals surface area contributed by atoms with Crippen LogP contribution in [0.3, 0.4) is 0 Å². The zero-order chi connectivity index (χ0) is 14.7. The molecule has 1 aromatic carbocycles. The van der Waals surface area contributed by atoms with E-state index in [1.54, 1.807) is 13.1 Å². The smallest absolute Gasteiger partial charge is 0.240 e. The molecule has 1 aromatic rings. The zero-order valence-electron chi connectivity index (χ0n) is 11.6. The summed E-state index contributed by atoms with van der Waals surface area (Å²) in [5.74, 6) is 0.625. The van der Waals surface area contributed by atoms with Gasteiger partial charge in [-0.1, -0.05) is 39.5 Å². The zero-order valence-corrected chi connectivity index (χ0v) is 16.8. The molecule has 1 amide bonds. The van der Waals surface area contributed by atoms with Crippen molar-refractivity contribution in [2.75, 3.05) is 13.7 Å². The van der Waals surface area contributed by atoms with E-state index in [4.69, 9.17) is 16.3 Å². The second-order valence-corrected chi connectivity index (χ2v) is 5.72. The Morgan fingerprint density at radius 3 is 2.95 bits per heavy atom. The molecule has 0 aliphatic carbocycles. The van der Waals surface area contributed by atoms with Gasteiger partial charge in [0, 0.05) is 39.8 Å². The first-order valence-electron chi connectivity index (χ1n) is 6.10. The van der Waals surface area contributed by atoms with Gasteiger partial charge in [0.2, 0.25) is 5.91 Å². The fourth-order valence-corrected chi connectivity index (χ4v) is 2.69. The van der Waals surface area contributed by atoms with Crippen molar-refractivity contribution in [2.45, 2.75) is 11.8 Å². The van der Waals surface area contributed by atoms with Gasteiger partial charge >= 0.3 is 0 Å². The summed E-state index contributed by atoms with van der Waals surface area (Å²) in [5.41, 5.74) is 1.62. The fraction of sp³-hybridized carbons (Fsp3) is 0.267. The Kier molecular flexibility index (Phi) is 7.62. The van der Waals surface area contributed by atoms with E-state index in [2.05, 4.69) is 28.6 Å². The van der Waals surface area contributed by atoms with Crippen LogP contribution in [0.2, 0.25) is 0 Å². The molecule has 1 aliphatic heterocycles. The van der Waals surface area contributed by atoms with Gasteiger partial charge < -0.3 is 9.64 Å². The number of nitrogens with zero attached hydrogens (tertiary/aromatic N) is 1. The van der Waals surface area contributed by atoms with E-state index >= 15 is 0 Å². The predicted octanol–water partition coefficient (Wildman–Crippen LogP) is 3.62. The summed E-state index contributed by atoms with van der Waals surface area (Å²) in [6.07, 6.45) is 5.28. The second-order valence-electron chi connectivity index (χ2n) is 4.34. The van der Waals surface area contributed by atoms with Crippen LogP contribution in [-0.2, 0) is 37.5 Å². The fourth-order valence-electron chi connectivity index (χ4n) is 1.92. The van der Waals surface area contributed by atoms with Crippen molar-refractivity contribution in [2.24, 2.45) is 0 Å². The van der Waals surface area contributed by atoms with Crippen LogP contribution in [0.25, 0.3) is 5.70 Å². The number of halogens is 2. The van der Waals surface area contributed by atoms with E-state index in [1.807, 2.05) is 18.2 Å². The summed E-state index contributed by atoms with van der Waals surface area (Å²) >= 11 is 9.43. The largest absolute Gasteiger partial charge is 0.490 e. The Bertz CT molecular complexity index is 577. The summed E-state index contributed by atoms with van der Waals surface area (Å²) in [6.45, 7) is 4.06. The number of benzene rings is 1. The molecular formula is C15H14BrClNO2Y-. The number of amides is 1. The minimum Gasteiger partial charge on any atom is -0.490 e. The number of allylic oxidation sites excluding steroid dienone is 1. The van der Waals surface area contributed by atoms with Gasteiger partial charge in [-0.05, 0) is 12.1 Å². The quantitative estimate of drug-likeness (QED) is 0.403. The van der Waals surface area contributed by atoms with E-state index in [0.29, 0.717) is 13.0 Å². The first kappa shape index (κ1) is 18.9. The van der Waals surface area contributed by atoms with Crippen molar-refractivity contribution in [1.29, 1.82) is 0 Å². The summed E-state index contributed by atoms with van der Waals surface area (Å²) in [6, 6.07) is 5.60. The molecule has 0 aromatic heterocycles. The molecule has 0 fully saturated rings. The average molecular weight is 445 g/mol. The second kappa shape index (κ2) is 8.47. The SMILES string of the molecule is C=CCOc1ccc(C2=[C-]CC(Cl)C(=O)N2C)c(Br)c1.[Y]. The van der Waals surface area contributed by atoms with Crippen molar-refractivity contribution >= 4 is 39.1 Å². The molecule has 21 heavy (non-hydrogen) atoms. The summed E-state index contributed by atoms with van der Waals surface area (Å²) < 4.78 is 6.31. The van der Waals surface area contributed by atoms with Gasteiger partial charge in [0.05, 0.1) is 0 Å². The minimum atomic E-state index is -0.530. The normalized spacial score (nSPS) is 17.9. The maximum atomic E-state index is 11.9. The average Bonchev–Trinajstić information content (AvgIpc) is 2.44. The van der Waals surface area contributed by atoms with Crippen LogP contribution in [0.5, 0.6) is 5.75 Å². The van der Waals surface area contributed by atoms with E-state index in [1.165, 1.54) is 4.90 Å². The predicted molar refractivity (Wildman–Crippen MR) is 83.5 cm³/mol. The van der Waals surface area contributed by atoms with Crippen molar-refractivity contribution in [1.82, 2.24) is 4.90 Å². The molecule has 0 saturated carbocycles. The van der Waals surface area contributed by atoms with Crippen LogP contribution >= 0.6 is 27.5 Å². The Balaban J connectivity index is 0.00000220. The van der Waals surface area contributed by atoms with Crippen molar-refractivity contribution < 1.29 is 42.2 Å². The molecule has 2 rings (SSSR count). The van der Waals surface area contributed by atoms with Gasteiger partial charge in [-0.15, -0.1) is 28.9 Å². The molecule has 1 heterocycles. The van der Waals surface area contributed by atoms with Gasteiger partial charge in [0.25, 0.3) is 0 Å². The van der Waals surface area contributed by atoms with Crippen molar-refractivity contribution in [3.8, 4) is 5.75 Å². The monoisotopic (exact) mass is 443 g/mol. The first-order chi connectivity index (χ1) is 9.54. The molecule has 1 unspecified atom stereocenters. The van der Waals surface area contributed by atoms with Crippen LogP contribution in [0.4, 0.5) is 0 Å². The Morgan fingerprint density at radius 2 is 2.33 bits per heavy atom. The third-order valence-electron chi connectivity index (χ3n) is 2.95. The topological polar surface area (TPSA) is 29.5 Å². The number of carbonyl (C=O) groups is 1. The van der Waals surface area contributed by atoms with Gasteiger partial charge in [0.15, 0.2) is 0 Å². The van der Waals surface area contributed by atoms with E-state index < -0.39 is 5.38 Å². The molecule has 0 N–H and O–H groups in total. The van der Waals surface area contributed by atoms with Crippen LogP contribution in [0.15, 0.2) is 35.3 Å². The van der Waals surface area contributed by atoms with Crippen LogP contribution in [-0.4, -0.2) is 29.8 Å². The molecule has 0 spiro atoms. The number of hydrogen-bond donors (Lipinski definition) is 0. The molecule has 1 radical (unpaired) electrons. The van der Waals surface area contributed by atoms with Gasteiger partial charge in [0.1, 0.15) is 17.7 Å². The minimum absolute atomic E-state index is 0.